The van der Waals surface area contributed by atoms with E-state index in [2.05, 4.69) is 0 Å². The van der Waals surface area contributed by atoms with Crippen molar-refractivity contribution in [1.82, 2.24) is 0 Å². The molecule has 0 saturated carbocycles. The Balaban J connectivity index is 1.99. The molecule has 0 N–H and O–H groups in total. The first kappa shape index (κ1) is 12.1. The van der Waals surface area contributed by atoms with Crippen LogP contribution in [0.4, 0.5) is 0 Å². The number of sulfone groups is 1. The molecule has 0 bridgehead atoms. The van der Waals surface area contributed by atoms with E-state index < -0.39 is 9.84 Å². The van der Waals surface area contributed by atoms with Gasteiger partial charge in [0.2, 0.25) is 9.84 Å². The number of benzene rings is 2. The second-order valence-electron chi connectivity index (χ2n) is 5.08. The highest BCUT2D eigenvalue weighted by Gasteiger charge is 2.35. The minimum Gasteiger partial charge on any atom is -0.370 e. The summed E-state index contributed by atoms with van der Waals surface area (Å²) >= 11 is 0. The molecule has 1 atom stereocenters. The second-order valence-corrected chi connectivity index (χ2v) is 7.00. The maximum absolute atomic E-state index is 12.5. The van der Waals surface area contributed by atoms with Gasteiger partial charge in [-0.05, 0) is 36.7 Å². The van der Waals surface area contributed by atoms with Gasteiger partial charge in [0.15, 0.2) is 0 Å². The molecule has 1 saturated heterocycles. The molecule has 1 aliphatic rings. The summed E-state index contributed by atoms with van der Waals surface area (Å²) in [6.45, 7) is 2.74. The lowest BCUT2D eigenvalue weighted by Crippen LogP contribution is -2.37. The summed E-state index contributed by atoms with van der Waals surface area (Å²) in [6, 6.07) is 13.0. The molecule has 1 aliphatic heterocycles. The minimum atomic E-state index is -3.65. The van der Waals surface area contributed by atoms with Crippen molar-refractivity contribution < 1.29 is 14.5 Å². The van der Waals surface area contributed by atoms with Gasteiger partial charge < -0.3 is 4.74 Å². The summed E-state index contributed by atoms with van der Waals surface area (Å²) in [7, 11) is -3.65. The van der Waals surface area contributed by atoms with Crippen molar-refractivity contribution in [1.29, 1.82) is 0 Å². The second kappa shape index (κ2) is 4.72. The van der Waals surface area contributed by atoms with Gasteiger partial charge in [-0.15, -0.1) is 0 Å². The Morgan fingerprint density at radius 2 is 1.80 bits per heavy atom. The molecule has 20 heavy (non-hydrogen) atoms. The van der Waals surface area contributed by atoms with Crippen molar-refractivity contribution in [2.45, 2.75) is 28.7 Å². The van der Waals surface area contributed by atoms with Gasteiger partial charge in [-0.2, -0.15) is 0 Å². The first-order valence-corrected chi connectivity index (χ1v) is 7.97. The summed E-state index contributed by atoms with van der Waals surface area (Å²) in [5.41, 5.74) is 0.683. The van der Waals surface area contributed by atoms with E-state index >= 15 is 0 Å². The van der Waals surface area contributed by atoms with Crippen LogP contribution < -0.4 is 0 Å². The zero-order chi connectivity index (χ0) is 15.1. The van der Waals surface area contributed by atoms with Crippen molar-refractivity contribution in [2.24, 2.45) is 0 Å². The summed E-state index contributed by atoms with van der Waals surface area (Å²) in [5.74, 6) is 0. The highest BCUT2D eigenvalue weighted by atomic mass is 32.2. The first-order valence-electron chi connectivity index (χ1n) is 6.99. The molecule has 104 valence electrons. The van der Waals surface area contributed by atoms with E-state index in [4.69, 9.17) is 6.11 Å². The molecule has 0 aliphatic carbocycles. The van der Waals surface area contributed by atoms with Gasteiger partial charge in [0.25, 0.3) is 0 Å². The van der Waals surface area contributed by atoms with E-state index in [1.807, 2.05) is 6.92 Å². The standard InChI is InChI=1S/C16H16O3S/c1-16(11-12-19-16)13-7-9-15(10-8-13)20(17,18)14-5-3-2-4-6-14/h2-10H,11-12H2,1H3/i5D. The molecule has 4 heteroatoms. The highest BCUT2D eigenvalue weighted by molar-refractivity contribution is 7.91. The maximum atomic E-state index is 12.5. The SMILES string of the molecule is [2H]c1ccccc1S(=O)(=O)c1ccc(C2(C)CCO2)cc1. The monoisotopic (exact) mass is 289 g/mol. The van der Waals surface area contributed by atoms with Crippen LogP contribution in [0.1, 0.15) is 20.3 Å². The molecular formula is C16H16O3S. The molecule has 2 aromatic rings. The van der Waals surface area contributed by atoms with Gasteiger partial charge in [0.1, 0.15) is 0 Å². The molecule has 0 amide bonds. The van der Waals surface area contributed by atoms with Gasteiger partial charge in [-0.3, -0.25) is 0 Å². The summed E-state index contributed by atoms with van der Waals surface area (Å²) in [4.78, 5) is 0.234. The van der Waals surface area contributed by atoms with Crippen LogP contribution in [0.3, 0.4) is 0 Å². The Bertz CT molecular complexity index is 762. The molecule has 1 unspecified atom stereocenters. The van der Waals surface area contributed by atoms with E-state index in [0.29, 0.717) is 0 Å². The number of hydrogen-bond donors (Lipinski definition) is 0. The predicted molar refractivity (Wildman–Crippen MR) is 76.3 cm³/mol. The van der Waals surface area contributed by atoms with Gasteiger partial charge >= 0.3 is 0 Å². The quantitative estimate of drug-likeness (QED) is 0.871. The maximum Gasteiger partial charge on any atom is 0.206 e. The number of hydrogen-bond acceptors (Lipinski definition) is 3. The molecular weight excluding hydrogens is 272 g/mol. The summed E-state index contributed by atoms with van der Waals surface area (Å²) in [5, 5.41) is 0. The van der Waals surface area contributed by atoms with Crippen molar-refractivity contribution >= 4 is 9.84 Å². The molecule has 0 radical (unpaired) electrons. The van der Waals surface area contributed by atoms with E-state index in [-0.39, 0.29) is 21.4 Å². The molecule has 0 aromatic heterocycles. The lowest BCUT2D eigenvalue weighted by Gasteiger charge is -2.39. The van der Waals surface area contributed by atoms with E-state index in [0.717, 1.165) is 18.6 Å². The normalized spacial score (nSPS) is 22.9. The Hall–Kier alpha value is -1.65. The van der Waals surface area contributed by atoms with Crippen LogP contribution in [0.5, 0.6) is 0 Å². The first-order chi connectivity index (χ1) is 9.93. The fourth-order valence-electron chi connectivity index (χ4n) is 2.29. The van der Waals surface area contributed by atoms with Crippen molar-refractivity contribution in [3.8, 4) is 0 Å². The number of rotatable bonds is 3. The molecule has 0 spiro atoms. The van der Waals surface area contributed by atoms with Crippen LogP contribution in [0, 0.1) is 0 Å². The topological polar surface area (TPSA) is 43.4 Å². The minimum absolute atomic E-state index is 0.0101. The Morgan fingerprint density at radius 1 is 1.10 bits per heavy atom. The average Bonchev–Trinajstić information content (AvgIpc) is 2.45. The Morgan fingerprint density at radius 3 is 2.35 bits per heavy atom. The van der Waals surface area contributed by atoms with Crippen LogP contribution in [0.2, 0.25) is 0 Å². The van der Waals surface area contributed by atoms with Crippen molar-refractivity contribution in [3.63, 3.8) is 0 Å². The molecule has 1 heterocycles. The lowest BCUT2D eigenvalue weighted by molar-refractivity contribution is -0.140. The molecule has 3 rings (SSSR count). The van der Waals surface area contributed by atoms with E-state index in [9.17, 15) is 8.42 Å². The van der Waals surface area contributed by atoms with Crippen LogP contribution in [-0.4, -0.2) is 15.0 Å². The van der Waals surface area contributed by atoms with Gasteiger partial charge in [0, 0.05) is 6.42 Å². The molecule has 1 fully saturated rings. The van der Waals surface area contributed by atoms with Crippen LogP contribution >= 0.6 is 0 Å². The van der Waals surface area contributed by atoms with E-state index in [1.54, 1.807) is 36.4 Å². The molecule has 2 aromatic carbocycles. The lowest BCUT2D eigenvalue weighted by atomic mass is 9.89. The fourth-order valence-corrected chi connectivity index (χ4v) is 3.52. The Labute approximate surface area is 120 Å². The predicted octanol–water partition coefficient (Wildman–Crippen LogP) is 3.15. The van der Waals surface area contributed by atoms with Crippen molar-refractivity contribution in [3.05, 3.63) is 60.1 Å². The van der Waals surface area contributed by atoms with Gasteiger partial charge in [-0.1, -0.05) is 30.3 Å². The van der Waals surface area contributed by atoms with Crippen molar-refractivity contribution in [2.75, 3.05) is 6.61 Å². The van der Waals surface area contributed by atoms with Crippen LogP contribution in [0.15, 0.2) is 64.4 Å². The highest BCUT2D eigenvalue weighted by Crippen LogP contribution is 2.37. The third-order valence-electron chi connectivity index (χ3n) is 3.75. The summed E-state index contributed by atoms with van der Waals surface area (Å²) in [6.07, 6.45) is 0.939. The third kappa shape index (κ3) is 2.15. The van der Waals surface area contributed by atoms with Crippen LogP contribution in [0.25, 0.3) is 0 Å². The van der Waals surface area contributed by atoms with Crippen LogP contribution in [-0.2, 0) is 20.2 Å². The smallest absolute Gasteiger partial charge is 0.206 e. The van der Waals surface area contributed by atoms with Gasteiger partial charge in [0.05, 0.1) is 23.4 Å². The summed E-state index contributed by atoms with van der Waals surface area (Å²) < 4.78 is 38.4. The Kier molecular flexibility index (Phi) is 2.86. The zero-order valence-electron chi connectivity index (χ0n) is 12.2. The molecule has 3 nitrogen and oxygen atoms in total. The fraction of sp³-hybridized carbons (Fsp3) is 0.250. The van der Waals surface area contributed by atoms with Gasteiger partial charge in [-0.25, -0.2) is 8.42 Å². The number of ether oxygens (including phenoxy) is 1. The zero-order valence-corrected chi connectivity index (χ0v) is 12.0. The largest absolute Gasteiger partial charge is 0.370 e. The average molecular weight is 289 g/mol. The third-order valence-corrected chi connectivity index (χ3v) is 5.47. The van der Waals surface area contributed by atoms with E-state index in [1.165, 1.54) is 12.1 Å².